The summed E-state index contributed by atoms with van der Waals surface area (Å²) in [5, 5.41) is 33.1. The molecule has 50 heavy (non-hydrogen) atoms. The molecule has 0 saturated carbocycles. The molecule has 0 amide bonds. The summed E-state index contributed by atoms with van der Waals surface area (Å²) in [4.78, 5) is 0. The van der Waals surface area contributed by atoms with Gasteiger partial charge in [0.15, 0.2) is 0 Å². The molecule has 2 aromatic heterocycles. The van der Waals surface area contributed by atoms with Crippen LogP contribution in [0.15, 0.2) is 133 Å². The largest absolute Gasteiger partial charge is 0.310 e. The van der Waals surface area contributed by atoms with Crippen molar-refractivity contribution >= 4 is 38.8 Å². The first-order chi connectivity index (χ1) is 24.7. The van der Waals surface area contributed by atoms with E-state index in [1.807, 2.05) is 60.7 Å². The maximum Gasteiger partial charge on any atom is 0.0992 e. The average molecular weight is 638 g/mol. The van der Waals surface area contributed by atoms with E-state index in [-0.39, 0.29) is 0 Å². The van der Waals surface area contributed by atoms with Gasteiger partial charge < -0.3 is 9.13 Å². The number of rotatable bonds is 4. The lowest BCUT2D eigenvalue weighted by molar-refractivity contribution is 0.967. The second-order valence-electron chi connectivity index (χ2n) is 12.6. The third-order valence-corrected chi connectivity index (χ3v) is 9.86. The zero-order valence-corrected chi connectivity index (χ0v) is 26.9. The van der Waals surface area contributed by atoms with Crippen LogP contribution in [0.25, 0.3) is 72.4 Å². The van der Waals surface area contributed by atoms with Crippen molar-refractivity contribution in [3.05, 3.63) is 161 Å². The molecule has 0 saturated heterocycles. The summed E-state index contributed by atoms with van der Waals surface area (Å²) < 4.78 is 4.49. The molecular weight excluding hydrogens is 611 g/mol. The van der Waals surface area contributed by atoms with Gasteiger partial charge in [-0.15, -0.1) is 0 Å². The Morgan fingerprint density at radius 2 is 1.18 bits per heavy atom. The molecule has 0 N–H and O–H groups in total. The second-order valence-corrected chi connectivity index (χ2v) is 12.6. The highest BCUT2D eigenvalue weighted by atomic mass is 15.0. The van der Waals surface area contributed by atoms with E-state index in [4.69, 9.17) is 0 Å². The maximum atomic E-state index is 10.3. The van der Waals surface area contributed by atoms with E-state index in [2.05, 4.69) is 106 Å². The number of fused-ring (bicyclic) bond motifs is 6. The molecule has 2 heterocycles. The fourth-order valence-corrected chi connectivity index (χ4v) is 7.71. The molecule has 6 aromatic carbocycles. The van der Waals surface area contributed by atoms with Crippen molar-refractivity contribution in [3.8, 4) is 51.8 Å². The summed E-state index contributed by atoms with van der Waals surface area (Å²) in [6.07, 6.45) is 6.20. The van der Waals surface area contributed by atoms with Crippen molar-refractivity contribution in [2.45, 2.75) is 12.8 Å². The highest BCUT2D eigenvalue weighted by Crippen LogP contribution is 2.41. The molecule has 5 nitrogen and oxygen atoms in total. The molecule has 232 valence electrons. The Bertz CT molecular complexity index is 2860. The number of benzene rings is 6. The molecule has 1 aliphatic carbocycles. The van der Waals surface area contributed by atoms with Crippen molar-refractivity contribution in [1.82, 2.24) is 9.13 Å². The first-order valence-electron chi connectivity index (χ1n) is 16.6. The highest BCUT2D eigenvalue weighted by Gasteiger charge is 2.21. The smallest absolute Gasteiger partial charge is 0.0992 e. The lowest BCUT2D eigenvalue weighted by Gasteiger charge is -2.18. The highest BCUT2D eigenvalue weighted by molar-refractivity contribution is 6.10. The summed E-state index contributed by atoms with van der Waals surface area (Å²) >= 11 is 0. The summed E-state index contributed by atoms with van der Waals surface area (Å²) in [6.45, 7) is 0. The summed E-state index contributed by atoms with van der Waals surface area (Å²) in [5.41, 5.74) is 13.1. The summed E-state index contributed by atoms with van der Waals surface area (Å²) in [7, 11) is 0. The monoisotopic (exact) mass is 637 g/mol. The van der Waals surface area contributed by atoms with Crippen molar-refractivity contribution in [1.29, 1.82) is 15.8 Å². The molecule has 1 aliphatic rings. The molecule has 0 aliphatic heterocycles. The number of aryl methyl sites for hydroxylation is 1. The van der Waals surface area contributed by atoms with Gasteiger partial charge in [-0.3, -0.25) is 0 Å². The van der Waals surface area contributed by atoms with Crippen LogP contribution in [0.2, 0.25) is 0 Å². The number of nitrogens with zero attached hydrogens (tertiary/aromatic N) is 5. The van der Waals surface area contributed by atoms with Gasteiger partial charge in [0, 0.05) is 33.1 Å². The maximum absolute atomic E-state index is 10.3. The van der Waals surface area contributed by atoms with Crippen LogP contribution in [0.5, 0.6) is 0 Å². The van der Waals surface area contributed by atoms with Gasteiger partial charge in [-0.1, -0.05) is 72.8 Å². The van der Waals surface area contributed by atoms with Crippen LogP contribution >= 0.6 is 0 Å². The van der Waals surface area contributed by atoms with Crippen LogP contribution in [0, 0.1) is 34.0 Å². The number of hydrogen-bond acceptors (Lipinski definition) is 3. The van der Waals surface area contributed by atoms with Gasteiger partial charge >= 0.3 is 0 Å². The first kappa shape index (κ1) is 29.0. The molecule has 0 bridgehead atoms. The van der Waals surface area contributed by atoms with Crippen molar-refractivity contribution in [3.63, 3.8) is 0 Å². The van der Waals surface area contributed by atoms with Crippen molar-refractivity contribution < 1.29 is 0 Å². The third kappa shape index (κ3) is 4.45. The lowest BCUT2D eigenvalue weighted by atomic mass is 9.92. The number of allylic oxidation sites excluding steroid dienone is 1. The van der Waals surface area contributed by atoms with Crippen LogP contribution in [-0.2, 0) is 6.42 Å². The molecule has 9 rings (SSSR count). The van der Waals surface area contributed by atoms with E-state index < -0.39 is 0 Å². The average Bonchev–Trinajstić information content (AvgIpc) is 3.69. The zero-order valence-electron chi connectivity index (χ0n) is 26.9. The van der Waals surface area contributed by atoms with Gasteiger partial charge in [0.2, 0.25) is 0 Å². The molecular formula is C45H27N5. The number of aromatic nitrogens is 2. The van der Waals surface area contributed by atoms with Crippen LogP contribution < -0.4 is 0 Å². The molecule has 0 unspecified atom stereocenters. The number of hydrogen-bond donors (Lipinski definition) is 0. The van der Waals surface area contributed by atoms with Crippen LogP contribution in [0.3, 0.4) is 0 Å². The summed E-state index contributed by atoms with van der Waals surface area (Å²) in [6, 6.07) is 50.0. The molecule has 0 spiro atoms. The Kier molecular flexibility index (Phi) is 6.70. The summed E-state index contributed by atoms with van der Waals surface area (Å²) in [5.74, 6) is 0. The van der Waals surface area contributed by atoms with Gasteiger partial charge in [0.1, 0.15) is 0 Å². The van der Waals surface area contributed by atoms with E-state index in [9.17, 15) is 15.8 Å². The normalized spacial score (nSPS) is 12.1. The third-order valence-electron chi connectivity index (χ3n) is 9.86. The number of nitriles is 3. The first-order valence-corrected chi connectivity index (χ1v) is 16.6. The molecule has 0 fully saturated rings. The fraction of sp³-hybridized carbons (Fsp3) is 0.0444. The minimum Gasteiger partial charge on any atom is -0.310 e. The van der Waals surface area contributed by atoms with E-state index in [0.29, 0.717) is 16.7 Å². The van der Waals surface area contributed by atoms with Crippen LogP contribution in [0.1, 0.15) is 34.4 Å². The molecule has 8 aromatic rings. The topological polar surface area (TPSA) is 81.2 Å². The van der Waals surface area contributed by atoms with Gasteiger partial charge in [0.25, 0.3) is 0 Å². The van der Waals surface area contributed by atoms with Crippen molar-refractivity contribution in [2.24, 2.45) is 0 Å². The Hall–Kier alpha value is -7.13. The predicted octanol–water partition coefficient (Wildman–Crippen LogP) is 10.6. The quantitative estimate of drug-likeness (QED) is 0.193. The number of para-hydroxylation sites is 2. The SMILES string of the molecule is N#Cc1cc(-c2ccccc2-c2ccccc2-n2c3ccccc3c3ccc(C#N)cc32)cc(-n2c3c(c4cc(C#N)ccc42)CCC=C3)c1. The van der Waals surface area contributed by atoms with E-state index in [1.54, 1.807) is 0 Å². The van der Waals surface area contributed by atoms with Gasteiger partial charge in [-0.2, -0.15) is 15.8 Å². The van der Waals surface area contributed by atoms with E-state index in [0.717, 1.165) is 84.9 Å². The fourth-order valence-electron chi connectivity index (χ4n) is 7.71. The van der Waals surface area contributed by atoms with Gasteiger partial charge in [-0.25, -0.2) is 0 Å². The van der Waals surface area contributed by atoms with Crippen molar-refractivity contribution in [2.75, 3.05) is 0 Å². The van der Waals surface area contributed by atoms with Gasteiger partial charge in [-0.05, 0) is 102 Å². The predicted molar refractivity (Wildman–Crippen MR) is 200 cm³/mol. The Labute approximate surface area is 289 Å². The van der Waals surface area contributed by atoms with E-state index in [1.165, 1.54) is 5.56 Å². The molecule has 0 atom stereocenters. The van der Waals surface area contributed by atoms with Crippen LogP contribution in [-0.4, -0.2) is 9.13 Å². The minimum atomic E-state index is 0.566. The lowest BCUT2D eigenvalue weighted by Crippen LogP contribution is -2.02. The Balaban J connectivity index is 1.28. The molecule has 0 radical (unpaired) electrons. The van der Waals surface area contributed by atoms with Gasteiger partial charge in [0.05, 0.1) is 57.1 Å². The Morgan fingerprint density at radius 1 is 0.500 bits per heavy atom. The van der Waals surface area contributed by atoms with Crippen LogP contribution in [0.4, 0.5) is 0 Å². The Morgan fingerprint density at radius 3 is 2.02 bits per heavy atom. The standard InChI is InChI=1S/C45H27N5/c46-26-29-18-20-44-40(23-29)38-13-5-6-14-41(38)49(44)33-22-31(28-48)21-32(25-33)34-9-1-2-10-35(34)36-11-3-7-15-42(36)50-43-16-8-4-12-37(43)39-19-17-30(27-47)24-45(39)50/h1-4,6-12,14-25H,5,13H2. The molecule has 5 heteroatoms. The second kappa shape index (κ2) is 11.5. The van der Waals surface area contributed by atoms with E-state index >= 15 is 0 Å². The minimum absolute atomic E-state index is 0.566. The zero-order chi connectivity index (χ0) is 33.8.